The highest BCUT2D eigenvalue weighted by molar-refractivity contribution is 7.16. The molecule has 0 amide bonds. The van der Waals surface area contributed by atoms with Crippen molar-refractivity contribution < 1.29 is 0 Å². The fourth-order valence-electron chi connectivity index (χ4n) is 2.55. The summed E-state index contributed by atoms with van der Waals surface area (Å²) in [6.45, 7) is 4.53. The van der Waals surface area contributed by atoms with Crippen LogP contribution in [0.3, 0.4) is 0 Å². The van der Waals surface area contributed by atoms with Gasteiger partial charge in [0.15, 0.2) is 0 Å². The summed E-state index contributed by atoms with van der Waals surface area (Å²) < 4.78 is 0.946. The van der Waals surface area contributed by atoms with Crippen LogP contribution in [0.5, 0.6) is 0 Å². The van der Waals surface area contributed by atoms with Crippen LogP contribution in [0.2, 0.25) is 4.34 Å². The fourth-order valence-corrected chi connectivity index (χ4v) is 3.94. The Bertz CT molecular complexity index is 348. The van der Waals surface area contributed by atoms with Gasteiger partial charge in [-0.25, -0.2) is 0 Å². The van der Waals surface area contributed by atoms with Gasteiger partial charge in [-0.3, -0.25) is 0 Å². The van der Waals surface area contributed by atoms with Gasteiger partial charge < -0.3 is 5.32 Å². The van der Waals surface area contributed by atoms with Crippen LogP contribution in [0.1, 0.15) is 56.0 Å². The van der Waals surface area contributed by atoms with Gasteiger partial charge in [0.1, 0.15) is 0 Å². The third kappa shape index (κ3) is 2.79. The van der Waals surface area contributed by atoms with Gasteiger partial charge in [0.25, 0.3) is 0 Å². The first-order valence-corrected chi connectivity index (χ1v) is 7.44. The highest BCUT2D eigenvalue weighted by atomic mass is 35.5. The molecule has 0 saturated carbocycles. The third-order valence-corrected chi connectivity index (χ3v) is 4.63. The Morgan fingerprint density at radius 2 is 2.44 bits per heavy atom. The summed E-state index contributed by atoms with van der Waals surface area (Å²) in [7, 11) is 0. The van der Waals surface area contributed by atoms with Crippen molar-refractivity contribution in [1.82, 2.24) is 5.32 Å². The minimum Gasteiger partial charge on any atom is -0.307 e. The van der Waals surface area contributed by atoms with Crippen LogP contribution in [0.25, 0.3) is 0 Å². The Morgan fingerprint density at radius 1 is 1.62 bits per heavy atom. The van der Waals surface area contributed by atoms with Gasteiger partial charge in [-0.05, 0) is 44.2 Å². The molecule has 0 spiro atoms. The maximum Gasteiger partial charge on any atom is 0.0934 e. The first kappa shape index (κ1) is 12.4. The quantitative estimate of drug-likeness (QED) is 0.834. The van der Waals surface area contributed by atoms with Crippen LogP contribution < -0.4 is 5.32 Å². The van der Waals surface area contributed by atoms with Crippen molar-refractivity contribution in [2.24, 2.45) is 0 Å². The minimum absolute atomic E-state index is 0.536. The van der Waals surface area contributed by atoms with Gasteiger partial charge in [-0.2, -0.15) is 0 Å². The zero-order valence-corrected chi connectivity index (χ0v) is 11.6. The number of hydrogen-bond acceptors (Lipinski definition) is 2. The molecule has 2 atom stereocenters. The van der Waals surface area contributed by atoms with E-state index in [0.717, 1.165) is 4.34 Å². The first-order valence-electron chi connectivity index (χ1n) is 6.25. The number of thiophene rings is 1. The number of aryl methyl sites for hydroxylation is 1. The Morgan fingerprint density at radius 3 is 3.19 bits per heavy atom. The van der Waals surface area contributed by atoms with E-state index in [2.05, 4.69) is 25.2 Å². The van der Waals surface area contributed by atoms with Crippen molar-refractivity contribution >= 4 is 22.9 Å². The summed E-state index contributed by atoms with van der Waals surface area (Å²) in [5.41, 5.74) is 1.46. The largest absolute Gasteiger partial charge is 0.307 e. The van der Waals surface area contributed by atoms with E-state index in [1.807, 2.05) is 0 Å². The summed E-state index contributed by atoms with van der Waals surface area (Å²) in [5, 5.41) is 3.74. The van der Waals surface area contributed by atoms with Crippen LogP contribution in [0.15, 0.2) is 6.07 Å². The smallest absolute Gasteiger partial charge is 0.0934 e. The van der Waals surface area contributed by atoms with E-state index in [9.17, 15) is 0 Å². The van der Waals surface area contributed by atoms with Crippen LogP contribution >= 0.6 is 22.9 Å². The van der Waals surface area contributed by atoms with Gasteiger partial charge in [-0.15, -0.1) is 11.3 Å². The average molecular weight is 258 g/mol. The molecule has 0 saturated heterocycles. The van der Waals surface area contributed by atoms with Gasteiger partial charge in [0, 0.05) is 17.0 Å². The molecule has 16 heavy (non-hydrogen) atoms. The molecule has 0 radical (unpaired) electrons. The van der Waals surface area contributed by atoms with Crippen LogP contribution in [0, 0.1) is 0 Å². The van der Waals surface area contributed by atoms with E-state index >= 15 is 0 Å². The lowest BCUT2D eigenvalue weighted by Gasteiger charge is -2.27. The molecule has 3 heteroatoms. The van der Waals surface area contributed by atoms with Crippen molar-refractivity contribution in [2.75, 3.05) is 0 Å². The molecular formula is C13H20ClNS. The molecule has 0 fully saturated rings. The predicted octanol–water partition coefficient (Wildman–Crippen LogP) is 4.56. The molecule has 2 rings (SSSR count). The normalized spacial score (nSPS) is 21.8. The lowest BCUT2D eigenvalue weighted by molar-refractivity contribution is 0.396. The van der Waals surface area contributed by atoms with E-state index in [0.29, 0.717) is 12.1 Å². The first-order chi connectivity index (χ1) is 7.70. The second kappa shape index (κ2) is 5.52. The second-order valence-electron chi connectivity index (χ2n) is 4.73. The van der Waals surface area contributed by atoms with Crippen LogP contribution in [-0.2, 0) is 6.42 Å². The molecule has 1 aromatic heterocycles. The summed E-state index contributed by atoms with van der Waals surface area (Å²) in [6.07, 6.45) is 6.27. The highest BCUT2D eigenvalue weighted by Crippen LogP contribution is 2.38. The van der Waals surface area contributed by atoms with Gasteiger partial charge in [0.05, 0.1) is 4.34 Å². The average Bonchev–Trinajstić information content (AvgIpc) is 2.60. The molecule has 2 unspecified atom stereocenters. The zero-order chi connectivity index (χ0) is 11.5. The SMILES string of the molecule is CCCC(C)NC1CCCc2sc(Cl)cc21. The van der Waals surface area contributed by atoms with E-state index < -0.39 is 0 Å². The monoisotopic (exact) mass is 257 g/mol. The molecule has 1 heterocycles. The number of halogens is 1. The van der Waals surface area contributed by atoms with E-state index in [4.69, 9.17) is 11.6 Å². The molecule has 0 aliphatic heterocycles. The van der Waals surface area contributed by atoms with Crippen LogP contribution in [0.4, 0.5) is 0 Å². The topological polar surface area (TPSA) is 12.0 Å². The molecule has 0 aromatic carbocycles. The summed E-state index contributed by atoms with van der Waals surface area (Å²) >= 11 is 7.86. The highest BCUT2D eigenvalue weighted by Gasteiger charge is 2.23. The van der Waals surface area contributed by atoms with Crippen LogP contribution in [-0.4, -0.2) is 6.04 Å². The van der Waals surface area contributed by atoms with E-state index in [-0.39, 0.29) is 0 Å². The standard InChI is InChI=1S/C13H20ClNS/c1-3-5-9(2)15-11-6-4-7-12-10(11)8-13(14)16-12/h8-9,11,15H,3-7H2,1-2H3. The Hall–Kier alpha value is -0.0500. The summed E-state index contributed by atoms with van der Waals surface area (Å²) in [6, 6.07) is 3.31. The fraction of sp³-hybridized carbons (Fsp3) is 0.692. The van der Waals surface area contributed by atoms with Gasteiger partial charge in [-0.1, -0.05) is 24.9 Å². The van der Waals surface area contributed by atoms with Crippen molar-refractivity contribution in [3.63, 3.8) is 0 Å². The number of nitrogens with one attached hydrogen (secondary N) is 1. The number of fused-ring (bicyclic) bond motifs is 1. The van der Waals surface area contributed by atoms with E-state index in [1.54, 1.807) is 11.3 Å². The Balaban J connectivity index is 2.06. The molecule has 90 valence electrons. The molecular weight excluding hydrogens is 238 g/mol. The van der Waals surface area contributed by atoms with Gasteiger partial charge >= 0.3 is 0 Å². The summed E-state index contributed by atoms with van der Waals surface area (Å²) in [4.78, 5) is 1.50. The van der Waals surface area contributed by atoms with Crippen molar-refractivity contribution in [3.05, 3.63) is 20.8 Å². The summed E-state index contributed by atoms with van der Waals surface area (Å²) in [5.74, 6) is 0. The molecule has 1 aliphatic rings. The number of rotatable bonds is 4. The lowest BCUT2D eigenvalue weighted by atomic mass is 9.93. The zero-order valence-electron chi connectivity index (χ0n) is 10.1. The predicted molar refractivity (Wildman–Crippen MR) is 72.5 cm³/mol. The maximum absolute atomic E-state index is 6.10. The molecule has 1 aliphatic carbocycles. The lowest BCUT2D eigenvalue weighted by Crippen LogP contribution is -2.32. The Kier molecular flexibility index (Phi) is 4.28. The second-order valence-corrected chi connectivity index (χ2v) is 6.50. The molecule has 1 aromatic rings. The molecule has 0 bridgehead atoms. The maximum atomic E-state index is 6.10. The minimum atomic E-state index is 0.536. The third-order valence-electron chi connectivity index (χ3n) is 3.29. The Labute approximate surface area is 107 Å². The molecule has 1 N–H and O–H groups in total. The number of hydrogen-bond donors (Lipinski definition) is 1. The van der Waals surface area contributed by atoms with Crippen molar-refractivity contribution in [3.8, 4) is 0 Å². The van der Waals surface area contributed by atoms with Gasteiger partial charge in [0.2, 0.25) is 0 Å². The molecule has 1 nitrogen and oxygen atoms in total. The van der Waals surface area contributed by atoms with Crippen molar-refractivity contribution in [2.45, 2.75) is 58.0 Å². The van der Waals surface area contributed by atoms with Crippen molar-refractivity contribution in [1.29, 1.82) is 0 Å². The van der Waals surface area contributed by atoms with E-state index in [1.165, 1.54) is 42.5 Å².